The second-order valence-electron chi connectivity index (χ2n) is 6.08. The highest BCUT2D eigenvalue weighted by atomic mass is 32.1. The minimum absolute atomic E-state index is 0.223. The molecule has 0 bridgehead atoms. The van der Waals surface area contributed by atoms with Crippen molar-refractivity contribution in [2.24, 2.45) is 5.92 Å². The molecule has 110 valence electrons. The number of piperidine rings is 1. The van der Waals surface area contributed by atoms with Crippen molar-refractivity contribution in [1.29, 1.82) is 0 Å². The maximum Gasteiger partial charge on any atom is 0.226 e. The highest BCUT2D eigenvalue weighted by molar-refractivity contribution is 7.10. The Kier molecular flexibility index (Phi) is 4.13. The number of carbonyl (C=O) groups is 1. The lowest BCUT2D eigenvalue weighted by Crippen LogP contribution is -2.47. The quantitative estimate of drug-likeness (QED) is 0.909. The monoisotopic (exact) mass is 292 g/mol. The maximum absolute atomic E-state index is 12.9. The van der Waals surface area contributed by atoms with Gasteiger partial charge in [0.15, 0.2) is 0 Å². The van der Waals surface area contributed by atoms with Gasteiger partial charge in [-0.15, -0.1) is 11.3 Å². The molecule has 0 aromatic carbocycles. The predicted octanol–water partition coefficient (Wildman–Crippen LogP) is 2.97. The molecule has 20 heavy (non-hydrogen) atoms. The van der Waals surface area contributed by atoms with E-state index in [-0.39, 0.29) is 5.92 Å². The first-order valence-electron chi connectivity index (χ1n) is 7.80. The Labute approximate surface area is 125 Å². The molecule has 1 unspecified atom stereocenters. The molecule has 0 saturated carbocycles. The Balaban J connectivity index is 1.78. The lowest BCUT2D eigenvalue weighted by atomic mass is 9.89. The molecular formula is C16H24N2OS. The van der Waals surface area contributed by atoms with Crippen LogP contribution in [0.1, 0.15) is 49.6 Å². The van der Waals surface area contributed by atoms with Crippen molar-refractivity contribution in [3.63, 3.8) is 0 Å². The number of rotatable bonds is 2. The summed E-state index contributed by atoms with van der Waals surface area (Å²) in [6, 6.07) is 3.00. The van der Waals surface area contributed by atoms with E-state index in [4.69, 9.17) is 0 Å². The highest BCUT2D eigenvalue weighted by Gasteiger charge is 2.35. The molecule has 4 heteroatoms. The molecular weight excluding hydrogens is 268 g/mol. The molecule has 1 aromatic rings. The zero-order valence-electron chi connectivity index (χ0n) is 12.4. The van der Waals surface area contributed by atoms with Gasteiger partial charge in [-0.1, -0.05) is 6.92 Å². The average molecular weight is 292 g/mol. The Morgan fingerprint density at radius 3 is 3.15 bits per heavy atom. The molecule has 3 rings (SSSR count). The summed E-state index contributed by atoms with van der Waals surface area (Å²) in [5, 5.41) is 5.61. The van der Waals surface area contributed by atoms with E-state index < -0.39 is 0 Å². The van der Waals surface area contributed by atoms with E-state index in [1.165, 1.54) is 10.4 Å². The van der Waals surface area contributed by atoms with Crippen LogP contribution in [0.25, 0.3) is 0 Å². The van der Waals surface area contributed by atoms with Gasteiger partial charge in [-0.3, -0.25) is 4.79 Å². The number of nitrogens with one attached hydrogen (secondary N) is 1. The molecule has 0 aliphatic carbocycles. The number of fused-ring (bicyclic) bond motifs is 1. The van der Waals surface area contributed by atoms with Gasteiger partial charge < -0.3 is 10.2 Å². The average Bonchev–Trinajstić information content (AvgIpc) is 2.93. The molecule has 3 heterocycles. The van der Waals surface area contributed by atoms with Crippen LogP contribution in [0.5, 0.6) is 0 Å². The van der Waals surface area contributed by atoms with Crippen molar-refractivity contribution >= 4 is 17.2 Å². The fraction of sp³-hybridized carbons (Fsp3) is 0.688. The van der Waals surface area contributed by atoms with E-state index in [0.717, 1.165) is 38.8 Å². The molecule has 0 spiro atoms. The summed E-state index contributed by atoms with van der Waals surface area (Å²) in [6.07, 6.45) is 4.04. The standard InChI is InChI=1S/C16H24N2OS/c1-3-14-13-6-9-20-15(13)5-8-18(14)16(19)12-4-7-17-11(2)10-12/h6,9,11-12,14,17H,3-5,7-8,10H2,1-2H3/t11-,12-,14?/m0/s1. The molecule has 2 aliphatic rings. The fourth-order valence-electron chi connectivity index (χ4n) is 3.69. The summed E-state index contributed by atoms with van der Waals surface area (Å²) in [5.74, 6) is 0.613. The predicted molar refractivity (Wildman–Crippen MR) is 83.0 cm³/mol. The van der Waals surface area contributed by atoms with Gasteiger partial charge in [0.2, 0.25) is 5.91 Å². The van der Waals surface area contributed by atoms with Crippen LogP contribution in [-0.2, 0) is 11.2 Å². The molecule has 2 aliphatic heterocycles. The lowest BCUT2D eigenvalue weighted by Gasteiger charge is -2.39. The molecule has 1 fully saturated rings. The molecule has 3 atom stereocenters. The van der Waals surface area contributed by atoms with E-state index in [0.29, 0.717) is 18.0 Å². The minimum Gasteiger partial charge on any atom is -0.335 e. The molecule has 1 aromatic heterocycles. The number of carbonyl (C=O) groups excluding carboxylic acids is 1. The fourth-order valence-corrected chi connectivity index (χ4v) is 4.62. The normalized spacial score (nSPS) is 30.1. The van der Waals surface area contributed by atoms with Crippen molar-refractivity contribution in [2.75, 3.05) is 13.1 Å². The van der Waals surface area contributed by atoms with Gasteiger partial charge in [-0.2, -0.15) is 0 Å². The smallest absolute Gasteiger partial charge is 0.226 e. The van der Waals surface area contributed by atoms with Crippen molar-refractivity contribution in [2.45, 2.75) is 51.6 Å². The Morgan fingerprint density at radius 1 is 1.55 bits per heavy atom. The van der Waals surface area contributed by atoms with E-state index in [2.05, 4.69) is 35.5 Å². The van der Waals surface area contributed by atoms with Crippen molar-refractivity contribution in [3.8, 4) is 0 Å². The number of hydrogen-bond acceptors (Lipinski definition) is 3. The lowest BCUT2D eigenvalue weighted by molar-refractivity contribution is -0.139. The maximum atomic E-state index is 12.9. The van der Waals surface area contributed by atoms with Gasteiger partial charge in [0.05, 0.1) is 6.04 Å². The molecule has 1 N–H and O–H groups in total. The topological polar surface area (TPSA) is 32.3 Å². The SMILES string of the molecule is CCC1c2ccsc2CCN1C(=O)[C@H]1CCN[C@@H](C)C1. The van der Waals surface area contributed by atoms with E-state index >= 15 is 0 Å². The van der Waals surface area contributed by atoms with Crippen LogP contribution in [0, 0.1) is 5.92 Å². The van der Waals surface area contributed by atoms with Crippen LogP contribution in [0.15, 0.2) is 11.4 Å². The summed E-state index contributed by atoms with van der Waals surface area (Å²) >= 11 is 1.85. The Morgan fingerprint density at radius 2 is 2.40 bits per heavy atom. The molecule has 3 nitrogen and oxygen atoms in total. The van der Waals surface area contributed by atoms with Gasteiger partial charge in [-0.25, -0.2) is 0 Å². The zero-order chi connectivity index (χ0) is 14.1. The first-order valence-corrected chi connectivity index (χ1v) is 8.68. The summed E-state index contributed by atoms with van der Waals surface area (Å²) in [4.78, 5) is 16.6. The largest absolute Gasteiger partial charge is 0.335 e. The van der Waals surface area contributed by atoms with E-state index in [1.54, 1.807) is 0 Å². The third-order valence-electron chi connectivity index (χ3n) is 4.74. The van der Waals surface area contributed by atoms with Crippen LogP contribution in [0.2, 0.25) is 0 Å². The second-order valence-corrected chi connectivity index (χ2v) is 7.08. The third kappa shape index (κ3) is 2.51. The Hall–Kier alpha value is -0.870. The van der Waals surface area contributed by atoms with Crippen molar-refractivity contribution < 1.29 is 4.79 Å². The summed E-state index contributed by atoms with van der Waals surface area (Å²) in [7, 11) is 0. The van der Waals surface area contributed by atoms with Gasteiger partial charge >= 0.3 is 0 Å². The number of hydrogen-bond donors (Lipinski definition) is 1. The summed E-state index contributed by atoms with van der Waals surface area (Å²) < 4.78 is 0. The molecule has 1 amide bonds. The van der Waals surface area contributed by atoms with Crippen LogP contribution < -0.4 is 5.32 Å². The van der Waals surface area contributed by atoms with Crippen LogP contribution >= 0.6 is 11.3 Å². The van der Waals surface area contributed by atoms with Gasteiger partial charge in [-0.05, 0) is 56.2 Å². The first kappa shape index (κ1) is 14.1. The van der Waals surface area contributed by atoms with Crippen LogP contribution in [-0.4, -0.2) is 29.9 Å². The molecule has 0 radical (unpaired) electrons. The molecule has 1 saturated heterocycles. The van der Waals surface area contributed by atoms with Crippen molar-refractivity contribution in [3.05, 3.63) is 21.9 Å². The number of nitrogens with zero attached hydrogens (tertiary/aromatic N) is 1. The second kappa shape index (κ2) is 5.86. The number of amides is 1. The summed E-state index contributed by atoms with van der Waals surface area (Å²) in [5.41, 5.74) is 1.40. The number of thiophene rings is 1. The van der Waals surface area contributed by atoms with Crippen molar-refractivity contribution in [1.82, 2.24) is 10.2 Å². The van der Waals surface area contributed by atoms with E-state index in [9.17, 15) is 4.79 Å². The van der Waals surface area contributed by atoms with Crippen LogP contribution in [0.4, 0.5) is 0 Å². The van der Waals surface area contributed by atoms with Gasteiger partial charge in [0, 0.05) is 23.4 Å². The first-order chi connectivity index (χ1) is 9.70. The Bertz CT molecular complexity index is 485. The minimum atomic E-state index is 0.223. The third-order valence-corrected chi connectivity index (χ3v) is 5.73. The van der Waals surface area contributed by atoms with E-state index in [1.807, 2.05) is 11.3 Å². The van der Waals surface area contributed by atoms with Gasteiger partial charge in [0.25, 0.3) is 0 Å². The zero-order valence-corrected chi connectivity index (χ0v) is 13.2. The highest BCUT2D eigenvalue weighted by Crippen LogP contribution is 2.36. The van der Waals surface area contributed by atoms with Crippen LogP contribution in [0.3, 0.4) is 0 Å². The summed E-state index contributed by atoms with van der Waals surface area (Å²) in [6.45, 7) is 6.27. The van der Waals surface area contributed by atoms with Gasteiger partial charge in [0.1, 0.15) is 0 Å².